The van der Waals surface area contributed by atoms with Crippen molar-refractivity contribution < 1.29 is 9.59 Å². The van der Waals surface area contributed by atoms with E-state index < -0.39 is 0 Å². The molecule has 0 saturated carbocycles. The molecule has 0 atom stereocenters. The number of aryl methyl sites for hydroxylation is 2. The van der Waals surface area contributed by atoms with Crippen molar-refractivity contribution >= 4 is 29.0 Å². The van der Waals surface area contributed by atoms with Crippen LogP contribution in [0.1, 0.15) is 27.9 Å². The van der Waals surface area contributed by atoms with Gasteiger partial charge < -0.3 is 15.5 Å². The molecule has 3 amide bonds. The van der Waals surface area contributed by atoms with Gasteiger partial charge in [-0.25, -0.2) is 4.79 Å². The fraction of sp³-hybridized carbons (Fsp3) is 0.167. The van der Waals surface area contributed by atoms with Gasteiger partial charge in [-0.1, -0.05) is 42.5 Å². The van der Waals surface area contributed by atoms with Gasteiger partial charge in [0.2, 0.25) is 0 Å². The Bertz CT molecular complexity index is 1050. The van der Waals surface area contributed by atoms with Gasteiger partial charge in [0.1, 0.15) is 0 Å². The van der Waals surface area contributed by atoms with Gasteiger partial charge in [-0.3, -0.25) is 4.79 Å². The third kappa shape index (κ3) is 4.14. The number of amides is 3. The highest BCUT2D eigenvalue weighted by molar-refractivity contribution is 6.07. The summed E-state index contributed by atoms with van der Waals surface area (Å²) in [6.45, 7) is 2.61. The van der Waals surface area contributed by atoms with E-state index in [2.05, 4.69) is 10.6 Å². The van der Waals surface area contributed by atoms with Gasteiger partial charge in [-0.2, -0.15) is 0 Å². The first-order valence-electron chi connectivity index (χ1n) is 9.75. The molecule has 0 aromatic heterocycles. The van der Waals surface area contributed by atoms with Crippen LogP contribution < -0.4 is 15.5 Å². The topological polar surface area (TPSA) is 61.4 Å². The van der Waals surface area contributed by atoms with Crippen LogP contribution in [0.25, 0.3) is 0 Å². The molecule has 0 bridgehead atoms. The summed E-state index contributed by atoms with van der Waals surface area (Å²) in [7, 11) is 0. The van der Waals surface area contributed by atoms with Crippen LogP contribution in [0.3, 0.4) is 0 Å². The molecule has 0 saturated heterocycles. The molecular formula is C24H23N3O2. The quantitative estimate of drug-likeness (QED) is 0.648. The zero-order valence-corrected chi connectivity index (χ0v) is 16.3. The van der Waals surface area contributed by atoms with E-state index in [0.29, 0.717) is 17.8 Å². The van der Waals surface area contributed by atoms with E-state index in [1.807, 2.05) is 79.7 Å². The van der Waals surface area contributed by atoms with Crippen LogP contribution >= 0.6 is 0 Å². The first-order chi connectivity index (χ1) is 14.1. The minimum atomic E-state index is -0.309. The van der Waals surface area contributed by atoms with Crippen molar-refractivity contribution in [1.82, 2.24) is 0 Å². The second-order valence-corrected chi connectivity index (χ2v) is 7.16. The number of carbonyl (C=O) groups excluding carboxylic acids is 2. The summed E-state index contributed by atoms with van der Waals surface area (Å²) in [4.78, 5) is 27.2. The molecule has 2 N–H and O–H groups in total. The van der Waals surface area contributed by atoms with E-state index >= 15 is 0 Å². The van der Waals surface area contributed by atoms with Crippen molar-refractivity contribution in [2.45, 2.75) is 19.8 Å². The van der Waals surface area contributed by atoms with Crippen molar-refractivity contribution in [3.63, 3.8) is 0 Å². The SMILES string of the molecule is Cc1ccccc1NC(=O)Nc1ccc2c(c1)N(C(=O)c1ccccc1)CCC2. The molecule has 29 heavy (non-hydrogen) atoms. The van der Waals surface area contributed by atoms with Crippen LogP contribution in [0.2, 0.25) is 0 Å². The fourth-order valence-electron chi connectivity index (χ4n) is 3.60. The standard InChI is InChI=1S/C24H23N3O2/c1-17-8-5-6-12-21(17)26-24(29)25-20-14-13-18-11-7-15-27(22(18)16-20)23(28)19-9-3-2-4-10-19/h2-6,8-10,12-14,16H,7,11,15H2,1H3,(H2,25,26,29). The maximum absolute atomic E-state index is 13.0. The first kappa shape index (κ1) is 18.7. The molecule has 0 radical (unpaired) electrons. The average molecular weight is 385 g/mol. The van der Waals surface area contributed by atoms with Crippen molar-refractivity contribution in [2.75, 3.05) is 22.1 Å². The Morgan fingerprint density at radius 3 is 2.45 bits per heavy atom. The van der Waals surface area contributed by atoms with E-state index in [-0.39, 0.29) is 11.9 Å². The van der Waals surface area contributed by atoms with E-state index in [1.54, 1.807) is 4.90 Å². The fourth-order valence-corrected chi connectivity index (χ4v) is 3.60. The second kappa shape index (κ2) is 8.19. The number of fused-ring (bicyclic) bond motifs is 1. The lowest BCUT2D eigenvalue weighted by atomic mass is 10.00. The predicted molar refractivity (Wildman–Crippen MR) is 117 cm³/mol. The molecule has 3 aromatic rings. The highest BCUT2D eigenvalue weighted by atomic mass is 16.2. The number of carbonyl (C=O) groups is 2. The van der Waals surface area contributed by atoms with Crippen molar-refractivity contribution in [1.29, 1.82) is 0 Å². The van der Waals surface area contributed by atoms with Crippen molar-refractivity contribution in [3.05, 3.63) is 89.5 Å². The number of nitrogens with zero attached hydrogens (tertiary/aromatic N) is 1. The van der Waals surface area contributed by atoms with E-state index in [9.17, 15) is 9.59 Å². The second-order valence-electron chi connectivity index (χ2n) is 7.16. The monoisotopic (exact) mass is 385 g/mol. The van der Waals surface area contributed by atoms with Crippen molar-refractivity contribution in [2.24, 2.45) is 0 Å². The number of nitrogens with one attached hydrogen (secondary N) is 2. The largest absolute Gasteiger partial charge is 0.323 e. The average Bonchev–Trinajstić information content (AvgIpc) is 2.75. The Balaban J connectivity index is 1.54. The molecule has 1 aliphatic heterocycles. The van der Waals surface area contributed by atoms with Gasteiger partial charge >= 0.3 is 6.03 Å². The van der Waals surface area contributed by atoms with Gasteiger partial charge in [0.25, 0.3) is 5.91 Å². The molecule has 1 aliphatic rings. The summed E-state index contributed by atoms with van der Waals surface area (Å²) < 4.78 is 0. The van der Waals surface area contributed by atoms with Crippen LogP contribution in [0.5, 0.6) is 0 Å². The number of anilines is 3. The normalized spacial score (nSPS) is 12.8. The Hall–Kier alpha value is -3.60. The maximum atomic E-state index is 13.0. The number of benzene rings is 3. The van der Waals surface area contributed by atoms with E-state index in [4.69, 9.17) is 0 Å². The number of rotatable bonds is 3. The molecule has 0 unspecified atom stereocenters. The molecule has 0 fully saturated rings. The summed E-state index contributed by atoms with van der Waals surface area (Å²) in [6.07, 6.45) is 1.84. The number of urea groups is 1. The molecule has 5 heteroatoms. The lowest BCUT2D eigenvalue weighted by molar-refractivity contribution is 0.0985. The molecule has 4 rings (SSSR count). The summed E-state index contributed by atoms with van der Waals surface area (Å²) in [6, 6.07) is 22.4. The summed E-state index contributed by atoms with van der Waals surface area (Å²) >= 11 is 0. The summed E-state index contributed by atoms with van der Waals surface area (Å²) in [5.41, 5.74) is 5.05. The molecule has 146 valence electrons. The number of hydrogen-bond donors (Lipinski definition) is 2. The smallest absolute Gasteiger partial charge is 0.308 e. The van der Waals surface area contributed by atoms with E-state index in [1.165, 1.54) is 0 Å². The zero-order chi connectivity index (χ0) is 20.2. The lowest BCUT2D eigenvalue weighted by Crippen LogP contribution is -2.35. The summed E-state index contributed by atoms with van der Waals surface area (Å²) in [5.74, 6) is -0.0203. The molecule has 1 heterocycles. The first-order valence-corrected chi connectivity index (χ1v) is 9.75. The Morgan fingerprint density at radius 2 is 1.66 bits per heavy atom. The Morgan fingerprint density at radius 1 is 0.897 bits per heavy atom. The maximum Gasteiger partial charge on any atom is 0.323 e. The molecular weight excluding hydrogens is 362 g/mol. The van der Waals surface area contributed by atoms with Crippen LogP contribution in [0.4, 0.5) is 21.9 Å². The predicted octanol–water partition coefficient (Wildman–Crippen LogP) is 5.23. The summed E-state index contributed by atoms with van der Waals surface area (Å²) in [5, 5.41) is 5.75. The third-order valence-electron chi connectivity index (χ3n) is 5.12. The highest BCUT2D eigenvalue weighted by Gasteiger charge is 2.24. The van der Waals surface area contributed by atoms with Crippen LogP contribution in [-0.2, 0) is 6.42 Å². The lowest BCUT2D eigenvalue weighted by Gasteiger charge is -2.30. The van der Waals surface area contributed by atoms with Gasteiger partial charge in [0.15, 0.2) is 0 Å². The van der Waals surface area contributed by atoms with Gasteiger partial charge in [0, 0.05) is 29.2 Å². The highest BCUT2D eigenvalue weighted by Crippen LogP contribution is 2.31. The van der Waals surface area contributed by atoms with E-state index in [0.717, 1.165) is 35.3 Å². The minimum Gasteiger partial charge on any atom is -0.308 e. The molecule has 0 spiro atoms. The number of hydrogen-bond acceptors (Lipinski definition) is 2. The number of para-hydroxylation sites is 1. The minimum absolute atomic E-state index is 0.0203. The zero-order valence-electron chi connectivity index (χ0n) is 16.3. The third-order valence-corrected chi connectivity index (χ3v) is 5.12. The van der Waals surface area contributed by atoms with Crippen LogP contribution in [-0.4, -0.2) is 18.5 Å². The molecule has 5 nitrogen and oxygen atoms in total. The van der Waals surface area contributed by atoms with Crippen LogP contribution in [0.15, 0.2) is 72.8 Å². The molecule has 3 aromatic carbocycles. The van der Waals surface area contributed by atoms with Gasteiger partial charge in [0.05, 0.1) is 0 Å². The Kier molecular flexibility index (Phi) is 5.29. The molecule has 0 aliphatic carbocycles. The van der Waals surface area contributed by atoms with Gasteiger partial charge in [-0.05, 0) is 61.2 Å². The van der Waals surface area contributed by atoms with Gasteiger partial charge in [-0.15, -0.1) is 0 Å². The van der Waals surface area contributed by atoms with Crippen molar-refractivity contribution in [3.8, 4) is 0 Å². The van der Waals surface area contributed by atoms with Crippen LogP contribution in [0, 0.1) is 6.92 Å². The Labute approximate surface area is 170 Å².